The minimum atomic E-state index is -0.192. The zero-order chi connectivity index (χ0) is 14.4. The Bertz CT molecular complexity index is 308. The maximum atomic E-state index is 12.6. The summed E-state index contributed by atoms with van der Waals surface area (Å²) < 4.78 is 11.1. The molecule has 2 aliphatic rings. The average Bonchev–Trinajstić information content (AvgIpc) is 2.92. The summed E-state index contributed by atoms with van der Waals surface area (Å²) in [5, 5.41) is 3.30. The number of likely N-dealkylation sites (tertiary alicyclic amines) is 1. The second-order valence-corrected chi connectivity index (χ2v) is 6.05. The summed E-state index contributed by atoms with van der Waals surface area (Å²) in [6.07, 6.45) is 3.13. The van der Waals surface area contributed by atoms with E-state index in [1.165, 1.54) is 0 Å². The third kappa shape index (κ3) is 3.93. The van der Waals surface area contributed by atoms with Gasteiger partial charge in [0.25, 0.3) is 0 Å². The number of hydrogen-bond donors (Lipinski definition) is 1. The molecule has 5 heteroatoms. The molecule has 1 N–H and O–H groups in total. The Balaban J connectivity index is 1.70. The molecule has 1 amide bonds. The lowest BCUT2D eigenvalue weighted by molar-refractivity contribution is -0.143. The van der Waals surface area contributed by atoms with Crippen LogP contribution in [0.3, 0.4) is 0 Å². The summed E-state index contributed by atoms with van der Waals surface area (Å²) in [6.45, 7) is 9.57. The van der Waals surface area contributed by atoms with Crippen LogP contribution < -0.4 is 5.32 Å². The van der Waals surface area contributed by atoms with Crippen molar-refractivity contribution in [2.75, 3.05) is 46.0 Å². The maximum Gasteiger partial charge on any atom is 0.229 e. The Labute approximate surface area is 122 Å². The van der Waals surface area contributed by atoms with Gasteiger partial charge in [-0.3, -0.25) is 4.79 Å². The van der Waals surface area contributed by atoms with Crippen molar-refractivity contribution in [3.8, 4) is 0 Å². The lowest BCUT2D eigenvalue weighted by Gasteiger charge is -2.36. The van der Waals surface area contributed by atoms with Crippen molar-refractivity contribution in [3.63, 3.8) is 0 Å². The highest BCUT2D eigenvalue weighted by Gasteiger charge is 2.40. The van der Waals surface area contributed by atoms with Crippen LogP contribution >= 0.6 is 0 Å². The molecular weight excluding hydrogens is 256 g/mol. The van der Waals surface area contributed by atoms with Crippen LogP contribution in [0.25, 0.3) is 0 Å². The molecule has 0 saturated carbocycles. The minimum absolute atomic E-state index is 0.192. The van der Waals surface area contributed by atoms with E-state index in [-0.39, 0.29) is 11.5 Å². The summed E-state index contributed by atoms with van der Waals surface area (Å²) in [4.78, 5) is 14.6. The monoisotopic (exact) mass is 284 g/mol. The molecule has 0 aromatic rings. The molecule has 2 rings (SSSR count). The van der Waals surface area contributed by atoms with Crippen LogP contribution in [0.2, 0.25) is 0 Å². The molecule has 0 aromatic carbocycles. The Morgan fingerprint density at radius 1 is 1.35 bits per heavy atom. The van der Waals surface area contributed by atoms with Gasteiger partial charge in [-0.1, -0.05) is 0 Å². The lowest BCUT2D eigenvalue weighted by atomic mass is 9.87. The number of amides is 1. The predicted molar refractivity (Wildman–Crippen MR) is 77.6 cm³/mol. The molecule has 2 saturated heterocycles. The maximum absolute atomic E-state index is 12.6. The summed E-state index contributed by atoms with van der Waals surface area (Å²) in [7, 11) is 0. The fourth-order valence-electron chi connectivity index (χ4n) is 3.02. The van der Waals surface area contributed by atoms with Crippen LogP contribution in [0.1, 0.15) is 33.1 Å². The lowest BCUT2D eigenvalue weighted by Crippen LogP contribution is -2.48. The molecule has 116 valence electrons. The van der Waals surface area contributed by atoms with Crippen LogP contribution in [0.4, 0.5) is 0 Å². The number of carbonyl (C=O) groups excluding carboxylic acids is 1. The van der Waals surface area contributed by atoms with Crippen LogP contribution in [-0.2, 0) is 14.3 Å². The third-order valence-electron chi connectivity index (χ3n) is 4.40. The molecular formula is C15H28N2O3. The van der Waals surface area contributed by atoms with Gasteiger partial charge in [-0.15, -0.1) is 0 Å². The van der Waals surface area contributed by atoms with E-state index in [1.54, 1.807) is 0 Å². The van der Waals surface area contributed by atoms with E-state index in [0.29, 0.717) is 19.1 Å². The van der Waals surface area contributed by atoms with Gasteiger partial charge in [-0.2, -0.15) is 0 Å². The van der Waals surface area contributed by atoms with Crippen molar-refractivity contribution < 1.29 is 14.3 Å². The average molecular weight is 284 g/mol. The molecule has 1 unspecified atom stereocenters. The van der Waals surface area contributed by atoms with Crippen molar-refractivity contribution in [1.82, 2.24) is 10.2 Å². The second-order valence-electron chi connectivity index (χ2n) is 6.05. The highest BCUT2D eigenvalue weighted by molar-refractivity contribution is 5.83. The van der Waals surface area contributed by atoms with Crippen molar-refractivity contribution in [2.24, 2.45) is 5.41 Å². The topological polar surface area (TPSA) is 50.8 Å². The van der Waals surface area contributed by atoms with Crippen molar-refractivity contribution >= 4 is 5.91 Å². The Kier molecular flexibility index (Phi) is 5.81. The van der Waals surface area contributed by atoms with Crippen molar-refractivity contribution in [1.29, 1.82) is 0 Å². The molecule has 2 fully saturated rings. The zero-order valence-electron chi connectivity index (χ0n) is 12.8. The Morgan fingerprint density at radius 3 is 2.70 bits per heavy atom. The molecule has 0 spiro atoms. The number of nitrogens with one attached hydrogen (secondary N) is 1. The number of ether oxygens (including phenoxy) is 2. The number of carbonyl (C=O) groups is 1. The molecule has 0 bridgehead atoms. The molecule has 20 heavy (non-hydrogen) atoms. The molecule has 5 nitrogen and oxygen atoms in total. The second kappa shape index (κ2) is 7.38. The Morgan fingerprint density at radius 2 is 2.10 bits per heavy atom. The fourth-order valence-corrected chi connectivity index (χ4v) is 3.02. The van der Waals surface area contributed by atoms with Gasteiger partial charge in [0, 0.05) is 26.2 Å². The highest BCUT2D eigenvalue weighted by atomic mass is 16.5. The highest BCUT2D eigenvalue weighted by Crippen LogP contribution is 2.28. The van der Waals surface area contributed by atoms with E-state index >= 15 is 0 Å². The first-order chi connectivity index (χ1) is 9.65. The summed E-state index contributed by atoms with van der Waals surface area (Å²) in [5.41, 5.74) is -0.192. The van der Waals surface area contributed by atoms with E-state index in [2.05, 4.69) is 12.2 Å². The van der Waals surface area contributed by atoms with Gasteiger partial charge >= 0.3 is 0 Å². The first kappa shape index (κ1) is 15.7. The minimum Gasteiger partial charge on any atom is -0.379 e. The normalized spacial score (nSPS) is 28.0. The molecule has 0 aliphatic carbocycles. The van der Waals surface area contributed by atoms with E-state index in [9.17, 15) is 4.79 Å². The van der Waals surface area contributed by atoms with Crippen LogP contribution in [0.5, 0.6) is 0 Å². The summed E-state index contributed by atoms with van der Waals surface area (Å²) in [6, 6.07) is 0. The molecule has 1 atom stereocenters. The predicted octanol–water partition coefficient (Wildman–Crippen LogP) is 1.03. The number of rotatable bonds is 6. The largest absolute Gasteiger partial charge is 0.379 e. The quantitative estimate of drug-likeness (QED) is 0.740. The number of piperidine rings is 1. The van der Waals surface area contributed by atoms with Gasteiger partial charge in [0.05, 0.1) is 24.7 Å². The van der Waals surface area contributed by atoms with Gasteiger partial charge in [0.1, 0.15) is 0 Å². The number of hydrogen-bond acceptors (Lipinski definition) is 4. The van der Waals surface area contributed by atoms with Gasteiger partial charge in [-0.05, 0) is 39.7 Å². The van der Waals surface area contributed by atoms with Gasteiger partial charge in [0.2, 0.25) is 5.91 Å². The first-order valence-electron chi connectivity index (χ1n) is 7.85. The molecule has 2 aliphatic heterocycles. The van der Waals surface area contributed by atoms with Gasteiger partial charge in [-0.25, -0.2) is 0 Å². The first-order valence-corrected chi connectivity index (χ1v) is 7.85. The van der Waals surface area contributed by atoms with Crippen LogP contribution in [-0.4, -0.2) is 62.9 Å². The fraction of sp³-hybridized carbons (Fsp3) is 0.933. The van der Waals surface area contributed by atoms with Gasteiger partial charge in [0.15, 0.2) is 0 Å². The van der Waals surface area contributed by atoms with E-state index in [0.717, 1.165) is 52.0 Å². The van der Waals surface area contributed by atoms with E-state index in [4.69, 9.17) is 9.47 Å². The molecule has 0 radical (unpaired) electrons. The summed E-state index contributed by atoms with van der Waals surface area (Å²) in [5.74, 6) is 0.315. The van der Waals surface area contributed by atoms with Crippen LogP contribution in [0, 0.1) is 5.41 Å². The van der Waals surface area contributed by atoms with Crippen molar-refractivity contribution in [3.05, 3.63) is 0 Å². The molecule has 0 aromatic heterocycles. The van der Waals surface area contributed by atoms with Gasteiger partial charge < -0.3 is 19.7 Å². The number of nitrogens with zero attached hydrogens (tertiary/aromatic N) is 1. The zero-order valence-corrected chi connectivity index (χ0v) is 12.8. The van der Waals surface area contributed by atoms with Crippen LogP contribution in [0.15, 0.2) is 0 Å². The van der Waals surface area contributed by atoms with E-state index in [1.807, 2.05) is 11.8 Å². The van der Waals surface area contributed by atoms with E-state index < -0.39 is 0 Å². The Hall–Kier alpha value is -0.650. The molecule has 2 heterocycles. The smallest absolute Gasteiger partial charge is 0.229 e. The third-order valence-corrected chi connectivity index (χ3v) is 4.40. The summed E-state index contributed by atoms with van der Waals surface area (Å²) >= 11 is 0. The van der Waals surface area contributed by atoms with Crippen molar-refractivity contribution in [2.45, 2.75) is 39.2 Å². The SMILES string of the molecule is CCOCCOC1CCN(C(=O)C2(C)CCNC2)CC1. The standard InChI is InChI=1S/C15H28N2O3/c1-3-19-10-11-20-13-4-8-17(9-5-13)14(18)15(2)6-7-16-12-15/h13,16H,3-12H2,1-2H3.